The van der Waals surface area contributed by atoms with E-state index in [2.05, 4.69) is 4.98 Å². The molecule has 1 amide bonds. The summed E-state index contributed by atoms with van der Waals surface area (Å²) in [6.07, 6.45) is 1.54. The average Bonchev–Trinajstić information content (AvgIpc) is 2.41. The minimum Gasteiger partial charge on any atom is -0.345 e. The Kier molecular flexibility index (Phi) is 4.08. The van der Waals surface area contributed by atoms with E-state index in [1.54, 1.807) is 44.4 Å². The number of benzene rings is 1. The number of carbonyl (C=O) groups excluding carboxylic acids is 1. The van der Waals surface area contributed by atoms with Crippen LogP contribution in [-0.4, -0.2) is 29.9 Å². The Morgan fingerprint density at radius 2 is 1.89 bits per heavy atom. The van der Waals surface area contributed by atoms with Crippen LogP contribution in [0.1, 0.15) is 10.4 Å². The van der Waals surface area contributed by atoms with Crippen molar-refractivity contribution < 1.29 is 4.79 Å². The number of rotatable bonds is 2. The van der Waals surface area contributed by atoms with E-state index in [-0.39, 0.29) is 5.91 Å². The maximum Gasteiger partial charge on any atom is 0.254 e. The van der Waals surface area contributed by atoms with E-state index in [1.807, 2.05) is 0 Å². The highest BCUT2D eigenvalue weighted by Gasteiger charge is 2.10. The highest BCUT2D eigenvalue weighted by molar-refractivity contribution is 6.35. The second kappa shape index (κ2) is 5.59. The fourth-order valence-electron chi connectivity index (χ4n) is 1.63. The number of nitrogens with zero attached hydrogens (tertiary/aromatic N) is 2. The van der Waals surface area contributed by atoms with E-state index in [4.69, 9.17) is 23.2 Å². The molecule has 0 aliphatic rings. The molecule has 0 bridgehead atoms. The summed E-state index contributed by atoms with van der Waals surface area (Å²) >= 11 is 12.1. The van der Waals surface area contributed by atoms with Crippen molar-refractivity contribution in [2.75, 3.05) is 14.1 Å². The number of pyridine rings is 1. The average molecular weight is 295 g/mol. The first-order valence-electron chi connectivity index (χ1n) is 5.62. The van der Waals surface area contributed by atoms with E-state index in [0.717, 1.165) is 5.56 Å². The molecule has 1 aromatic heterocycles. The summed E-state index contributed by atoms with van der Waals surface area (Å²) in [5.74, 6) is -0.0868. The molecule has 0 saturated heterocycles. The van der Waals surface area contributed by atoms with Crippen LogP contribution in [0.2, 0.25) is 10.0 Å². The summed E-state index contributed by atoms with van der Waals surface area (Å²) < 4.78 is 0. The van der Waals surface area contributed by atoms with Gasteiger partial charge in [-0.15, -0.1) is 0 Å². The molecule has 3 nitrogen and oxygen atoms in total. The molecule has 2 aromatic rings. The lowest BCUT2D eigenvalue weighted by atomic mass is 10.1. The topological polar surface area (TPSA) is 33.2 Å². The SMILES string of the molecule is CN(C)C(=O)c1ccc(-c2cc(Cl)ccc2Cl)nc1. The van der Waals surface area contributed by atoms with Crippen molar-refractivity contribution in [1.82, 2.24) is 9.88 Å². The van der Waals surface area contributed by atoms with E-state index < -0.39 is 0 Å². The predicted molar refractivity (Wildman–Crippen MR) is 77.7 cm³/mol. The van der Waals surface area contributed by atoms with Crippen LogP contribution in [0.15, 0.2) is 36.5 Å². The molecule has 0 radical (unpaired) electrons. The summed E-state index contributed by atoms with van der Waals surface area (Å²) in [5, 5.41) is 1.17. The molecular weight excluding hydrogens is 283 g/mol. The van der Waals surface area contributed by atoms with E-state index in [9.17, 15) is 4.79 Å². The number of carbonyl (C=O) groups is 1. The second-order valence-corrected chi connectivity index (χ2v) is 5.10. The number of hydrogen-bond acceptors (Lipinski definition) is 2. The molecule has 0 fully saturated rings. The molecular formula is C14H12Cl2N2O. The molecule has 1 aromatic carbocycles. The van der Waals surface area contributed by atoms with Gasteiger partial charge in [-0.25, -0.2) is 0 Å². The maximum atomic E-state index is 11.8. The summed E-state index contributed by atoms with van der Waals surface area (Å²) in [7, 11) is 3.40. The normalized spacial score (nSPS) is 10.3. The van der Waals surface area contributed by atoms with Gasteiger partial charge >= 0.3 is 0 Å². The zero-order valence-corrected chi connectivity index (χ0v) is 12.0. The fourth-order valence-corrected chi connectivity index (χ4v) is 2.02. The molecule has 2 rings (SSSR count). The van der Waals surface area contributed by atoms with Crippen LogP contribution < -0.4 is 0 Å². The van der Waals surface area contributed by atoms with Crippen LogP contribution in [0.25, 0.3) is 11.3 Å². The maximum absolute atomic E-state index is 11.8. The Morgan fingerprint density at radius 1 is 1.16 bits per heavy atom. The Labute approximate surface area is 121 Å². The predicted octanol–water partition coefficient (Wildman–Crippen LogP) is 3.76. The lowest BCUT2D eigenvalue weighted by Gasteiger charge is -2.10. The smallest absolute Gasteiger partial charge is 0.254 e. The van der Waals surface area contributed by atoms with Crippen LogP contribution in [0.5, 0.6) is 0 Å². The number of hydrogen-bond donors (Lipinski definition) is 0. The van der Waals surface area contributed by atoms with Crippen LogP contribution >= 0.6 is 23.2 Å². The molecule has 0 aliphatic heterocycles. The molecule has 19 heavy (non-hydrogen) atoms. The van der Waals surface area contributed by atoms with Crippen molar-refractivity contribution >= 4 is 29.1 Å². The Hall–Kier alpha value is -1.58. The molecule has 0 saturated carbocycles. The molecule has 5 heteroatoms. The van der Waals surface area contributed by atoms with Gasteiger partial charge in [0, 0.05) is 30.9 Å². The van der Waals surface area contributed by atoms with Crippen LogP contribution in [0.4, 0.5) is 0 Å². The van der Waals surface area contributed by atoms with Gasteiger partial charge < -0.3 is 4.90 Å². The van der Waals surface area contributed by atoms with Crippen molar-refractivity contribution in [3.63, 3.8) is 0 Å². The minimum absolute atomic E-state index is 0.0868. The second-order valence-electron chi connectivity index (χ2n) is 4.26. The minimum atomic E-state index is -0.0868. The molecule has 98 valence electrons. The van der Waals surface area contributed by atoms with Crippen molar-refractivity contribution in [3.8, 4) is 11.3 Å². The van der Waals surface area contributed by atoms with Gasteiger partial charge in [-0.2, -0.15) is 0 Å². The fraction of sp³-hybridized carbons (Fsp3) is 0.143. The van der Waals surface area contributed by atoms with Crippen LogP contribution in [0.3, 0.4) is 0 Å². The Morgan fingerprint density at radius 3 is 2.47 bits per heavy atom. The van der Waals surface area contributed by atoms with Crippen molar-refractivity contribution in [2.24, 2.45) is 0 Å². The Bertz CT molecular complexity index is 609. The van der Waals surface area contributed by atoms with Crippen LogP contribution in [0, 0.1) is 0 Å². The van der Waals surface area contributed by atoms with Gasteiger partial charge in [-0.05, 0) is 30.3 Å². The standard InChI is InChI=1S/C14H12Cl2N2O/c1-18(2)14(19)9-3-6-13(17-8-9)11-7-10(15)4-5-12(11)16/h3-8H,1-2H3. The quantitative estimate of drug-likeness (QED) is 0.845. The highest BCUT2D eigenvalue weighted by Crippen LogP contribution is 2.29. The van der Waals surface area contributed by atoms with Gasteiger partial charge in [0.15, 0.2) is 0 Å². The lowest BCUT2D eigenvalue weighted by Crippen LogP contribution is -2.21. The van der Waals surface area contributed by atoms with Gasteiger partial charge in [0.25, 0.3) is 5.91 Å². The molecule has 1 heterocycles. The van der Waals surface area contributed by atoms with Crippen molar-refractivity contribution in [3.05, 3.63) is 52.1 Å². The molecule has 0 aliphatic carbocycles. The molecule has 0 N–H and O–H groups in total. The lowest BCUT2D eigenvalue weighted by molar-refractivity contribution is 0.0827. The zero-order chi connectivity index (χ0) is 14.0. The third-order valence-electron chi connectivity index (χ3n) is 2.62. The highest BCUT2D eigenvalue weighted by atomic mass is 35.5. The molecule has 0 unspecified atom stereocenters. The van der Waals surface area contributed by atoms with E-state index in [1.165, 1.54) is 11.1 Å². The monoisotopic (exact) mass is 294 g/mol. The number of amides is 1. The molecule has 0 spiro atoms. The summed E-state index contributed by atoms with van der Waals surface area (Å²) in [5.41, 5.74) is 1.97. The van der Waals surface area contributed by atoms with Gasteiger partial charge in [-0.1, -0.05) is 23.2 Å². The third-order valence-corrected chi connectivity index (χ3v) is 3.19. The first-order valence-corrected chi connectivity index (χ1v) is 6.38. The number of aromatic nitrogens is 1. The largest absolute Gasteiger partial charge is 0.345 e. The van der Waals surface area contributed by atoms with Gasteiger partial charge in [0.05, 0.1) is 16.3 Å². The Balaban J connectivity index is 2.38. The zero-order valence-electron chi connectivity index (χ0n) is 10.5. The van der Waals surface area contributed by atoms with Gasteiger partial charge in [0.2, 0.25) is 0 Å². The third kappa shape index (κ3) is 3.06. The van der Waals surface area contributed by atoms with Crippen molar-refractivity contribution in [2.45, 2.75) is 0 Å². The first-order chi connectivity index (χ1) is 8.99. The first kappa shape index (κ1) is 13.8. The van der Waals surface area contributed by atoms with E-state index >= 15 is 0 Å². The van der Waals surface area contributed by atoms with E-state index in [0.29, 0.717) is 21.3 Å². The van der Waals surface area contributed by atoms with Crippen molar-refractivity contribution in [1.29, 1.82) is 0 Å². The molecule has 0 atom stereocenters. The number of halogens is 2. The van der Waals surface area contributed by atoms with Crippen LogP contribution in [-0.2, 0) is 0 Å². The summed E-state index contributed by atoms with van der Waals surface area (Å²) in [6, 6.07) is 8.67. The summed E-state index contributed by atoms with van der Waals surface area (Å²) in [6.45, 7) is 0. The van der Waals surface area contributed by atoms with Gasteiger partial charge in [0.1, 0.15) is 0 Å². The van der Waals surface area contributed by atoms with Gasteiger partial charge in [-0.3, -0.25) is 9.78 Å². The summed E-state index contributed by atoms with van der Waals surface area (Å²) in [4.78, 5) is 17.5.